The third-order valence-corrected chi connectivity index (χ3v) is 2.14. The minimum absolute atomic E-state index is 0.101. The van der Waals surface area contributed by atoms with Crippen LogP contribution in [0.5, 0.6) is 0 Å². The Bertz CT molecular complexity index is 439. The first kappa shape index (κ1) is 9.15. The van der Waals surface area contributed by atoms with Crippen LogP contribution >= 0.6 is 0 Å². The highest BCUT2D eigenvalue weighted by Gasteiger charge is 2.06. The van der Waals surface area contributed by atoms with E-state index in [2.05, 4.69) is 4.98 Å². The van der Waals surface area contributed by atoms with Crippen molar-refractivity contribution in [2.24, 2.45) is 0 Å². The number of aromatic nitrogens is 2. The number of imidazole rings is 1. The summed E-state index contributed by atoms with van der Waals surface area (Å²) in [6.45, 7) is 0.101. The molecule has 2 aromatic rings. The van der Waals surface area contributed by atoms with Crippen LogP contribution in [0.25, 0.3) is 5.52 Å². The molecule has 0 atom stereocenters. The summed E-state index contributed by atoms with van der Waals surface area (Å²) in [5, 5.41) is 8.68. The summed E-state index contributed by atoms with van der Waals surface area (Å²) >= 11 is 0. The first-order valence-electron chi connectivity index (χ1n) is 4.54. The molecule has 0 aliphatic carbocycles. The number of aliphatic hydroxyl groups excluding tert-OH is 1. The predicted octanol–water partition coefficient (Wildman–Crippen LogP) is 1.40. The van der Waals surface area contributed by atoms with Crippen LogP contribution in [-0.4, -0.2) is 21.1 Å². The van der Waals surface area contributed by atoms with E-state index in [9.17, 15) is 4.39 Å². The molecule has 0 aromatic carbocycles. The SMILES string of the molecule is OCCCc1ncc2cccc(F)n12. The smallest absolute Gasteiger partial charge is 0.199 e. The van der Waals surface area contributed by atoms with Crippen molar-refractivity contribution in [3.8, 4) is 0 Å². The molecule has 3 nitrogen and oxygen atoms in total. The topological polar surface area (TPSA) is 37.5 Å². The molecule has 1 N–H and O–H groups in total. The quantitative estimate of drug-likeness (QED) is 0.750. The summed E-state index contributed by atoms with van der Waals surface area (Å²) < 4.78 is 14.8. The van der Waals surface area contributed by atoms with Gasteiger partial charge in [0.05, 0.1) is 11.7 Å². The number of aryl methyl sites for hydroxylation is 1. The maximum atomic E-state index is 13.4. The molecule has 0 amide bonds. The molecule has 4 heteroatoms. The lowest BCUT2D eigenvalue weighted by Crippen LogP contribution is -2.00. The van der Waals surface area contributed by atoms with Crippen molar-refractivity contribution in [1.29, 1.82) is 0 Å². The van der Waals surface area contributed by atoms with E-state index in [1.165, 1.54) is 10.5 Å². The summed E-state index contributed by atoms with van der Waals surface area (Å²) in [6.07, 6.45) is 2.83. The predicted molar refractivity (Wildman–Crippen MR) is 50.6 cm³/mol. The Balaban J connectivity index is 2.45. The van der Waals surface area contributed by atoms with Crippen LogP contribution in [0.3, 0.4) is 0 Å². The van der Waals surface area contributed by atoms with Gasteiger partial charge in [-0.15, -0.1) is 0 Å². The number of hydrogen-bond acceptors (Lipinski definition) is 2. The van der Waals surface area contributed by atoms with E-state index in [1.807, 2.05) is 0 Å². The van der Waals surface area contributed by atoms with Gasteiger partial charge in [-0.3, -0.25) is 4.40 Å². The van der Waals surface area contributed by atoms with Crippen molar-refractivity contribution in [3.63, 3.8) is 0 Å². The Kier molecular flexibility index (Phi) is 2.45. The van der Waals surface area contributed by atoms with E-state index in [0.717, 1.165) is 5.52 Å². The van der Waals surface area contributed by atoms with Gasteiger partial charge in [-0.25, -0.2) is 4.98 Å². The molecule has 2 heterocycles. The zero-order valence-corrected chi connectivity index (χ0v) is 7.65. The third kappa shape index (κ3) is 1.48. The first-order valence-corrected chi connectivity index (χ1v) is 4.54. The van der Waals surface area contributed by atoms with Gasteiger partial charge >= 0.3 is 0 Å². The summed E-state index contributed by atoms with van der Waals surface area (Å²) in [4.78, 5) is 4.11. The van der Waals surface area contributed by atoms with E-state index in [4.69, 9.17) is 5.11 Å². The highest BCUT2D eigenvalue weighted by molar-refractivity contribution is 5.45. The van der Waals surface area contributed by atoms with Gasteiger partial charge in [0.25, 0.3) is 0 Å². The molecule has 74 valence electrons. The molecular weight excluding hydrogens is 183 g/mol. The van der Waals surface area contributed by atoms with Crippen LogP contribution in [0.15, 0.2) is 24.4 Å². The second kappa shape index (κ2) is 3.75. The van der Waals surface area contributed by atoms with Gasteiger partial charge in [0.2, 0.25) is 0 Å². The fourth-order valence-electron chi connectivity index (χ4n) is 1.48. The van der Waals surface area contributed by atoms with Crippen molar-refractivity contribution < 1.29 is 9.50 Å². The van der Waals surface area contributed by atoms with Crippen LogP contribution < -0.4 is 0 Å². The Hall–Kier alpha value is -1.42. The maximum absolute atomic E-state index is 13.4. The van der Waals surface area contributed by atoms with E-state index < -0.39 is 0 Å². The average molecular weight is 194 g/mol. The van der Waals surface area contributed by atoms with Crippen molar-refractivity contribution in [2.45, 2.75) is 12.8 Å². The van der Waals surface area contributed by atoms with Crippen molar-refractivity contribution in [3.05, 3.63) is 36.2 Å². The van der Waals surface area contributed by atoms with Crippen molar-refractivity contribution in [1.82, 2.24) is 9.38 Å². The van der Waals surface area contributed by atoms with Crippen molar-refractivity contribution in [2.75, 3.05) is 6.61 Å². The van der Waals surface area contributed by atoms with E-state index >= 15 is 0 Å². The Morgan fingerprint density at radius 2 is 2.29 bits per heavy atom. The number of hydrogen-bond donors (Lipinski definition) is 1. The lowest BCUT2D eigenvalue weighted by molar-refractivity contribution is 0.287. The number of fused-ring (bicyclic) bond motifs is 1. The Morgan fingerprint density at radius 1 is 1.43 bits per heavy atom. The fourth-order valence-corrected chi connectivity index (χ4v) is 1.48. The zero-order valence-electron chi connectivity index (χ0n) is 7.65. The summed E-state index contributed by atoms with van der Waals surface area (Å²) in [7, 11) is 0. The van der Waals surface area contributed by atoms with E-state index in [-0.39, 0.29) is 12.6 Å². The van der Waals surface area contributed by atoms with Crippen LogP contribution in [0.1, 0.15) is 12.2 Å². The monoisotopic (exact) mass is 194 g/mol. The fraction of sp³-hybridized carbons (Fsp3) is 0.300. The lowest BCUT2D eigenvalue weighted by atomic mass is 10.3. The number of pyridine rings is 1. The standard InChI is InChI=1S/C10H11FN2O/c11-9-4-1-3-8-7-12-10(13(8)9)5-2-6-14/h1,3-4,7,14H,2,5-6H2. The molecule has 0 fully saturated rings. The highest BCUT2D eigenvalue weighted by atomic mass is 19.1. The number of aliphatic hydroxyl groups is 1. The van der Waals surface area contributed by atoms with Crippen LogP contribution in [-0.2, 0) is 6.42 Å². The Labute approximate surface area is 80.8 Å². The van der Waals surface area contributed by atoms with Gasteiger partial charge in [0.15, 0.2) is 5.95 Å². The normalized spacial score (nSPS) is 11.0. The summed E-state index contributed by atoms with van der Waals surface area (Å²) in [6, 6.07) is 4.86. The van der Waals surface area contributed by atoms with Crippen molar-refractivity contribution >= 4 is 5.52 Å². The van der Waals surface area contributed by atoms with Gasteiger partial charge in [-0.2, -0.15) is 4.39 Å². The zero-order chi connectivity index (χ0) is 9.97. The summed E-state index contributed by atoms with van der Waals surface area (Å²) in [5.41, 5.74) is 0.748. The molecular formula is C10H11FN2O. The largest absolute Gasteiger partial charge is 0.396 e. The molecule has 2 rings (SSSR count). The number of halogens is 1. The molecule has 0 aliphatic heterocycles. The second-order valence-corrected chi connectivity index (χ2v) is 3.11. The lowest BCUT2D eigenvalue weighted by Gasteiger charge is -2.00. The molecule has 0 saturated heterocycles. The number of rotatable bonds is 3. The average Bonchev–Trinajstić information content (AvgIpc) is 2.59. The molecule has 0 unspecified atom stereocenters. The minimum atomic E-state index is -0.312. The van der Waals surface area contributed by atoms with Crippen LogP contribution in [0.4, 0.5) is 4.39 Å². The molecule has 0 saturated carbocycles. The highest BCUT2D eigenvalue weighted by Crippen LogP contribution is 2.10. The van der Waals surface area contributed by atoms with E-state index in [1.54, 1.807) is 18.3 Å². The first-order chi connectivity index (χ1) is 6.83. The molecule has 2 aromatic heterocycles. The summed E-state index contributed by atoms with van der Waals surface area (Å²) in [5.74, 6) is 0.347. The van der Waals surface area contributed by atoms with Gasteiger partial charge < -0.3 is 5.11 Å². The van der Waals surface area contributed by atoms with Gasteiger partial charge in [0.1, 0.15) is 5.82 Å². The van der Waals surface area contributed by atoms with Gasteiger partial charge in [-0.05, 0) is 18.6 Å². The van der Waals surface area contributed by atoms with Gasteiger partial charge in [-0.1, -0.05) is 6.07 Å². The van der Waals surface area contributed by atoms with Crippen LogP contribution in [0.2, 0.25) is 0 Å². The van der Waals surface area contributed by atoms with E-state index in [0.29, 0.717) is 18.7 Å². The Morgan fingerprint density at radius 3 is 3.07 bits per heavy atom. The molecule has 0 bridgehead atoms. The minimum Gasteiger partial charge on any atom is -0.396 e. The number of nitrogens with zero attached hydrogens (tertiary/aromatic N) is 2. The maximum Gasteiger partial charge on any atom is 0.199 e. The second-order valence-electron chi connectivity index (χ2n) is 3.11. The van der Waals surface area contributed by atoms with Gasteiger partial charge in [0, 0.05) is 13.0 Å². The third-order valence-electron chi connectivity index (χ3n) is 2.14. The van der Waals surface area contributed by atoms with Crippen LogP contribution in [0, 0.1) is 5.95 Å². The molecule has 0 spiro atoms. The molecule has 0 radical (unpaired) electrons. The molecule has 14 heavy (non-hydrogen) atoms. The molecule has 0 aliphatic rings.